The summed E-state index contributed by atoms with van der Waals surface area (Å²) >= 11 is 3.03. The van der Waals surface area contributed by atoms with Crippen molar-refractivity contribution in [1.82, 2.24) is 4.98 Å². The quantitative estimate of drug-likeness (QED) is 0.671. The number of para-hydroxylation sites is 1. The van der Waals surface area contributed by atoms with Crippen LogP contribution in [0.5, 0.6) is 0 Å². The molecule has 1 aromatic carbocycles. The fourth-order valence-corrected chi connectivity index (χ4v) is 2.78. The van der Waals surface area contributed by atoms with Gasteiger partial charge in [0.05, 0.1) is 17.8 Å². The molecule has 4 nitrogen and oxygen atoms in total. The molecule has 6 heteroatoms. The molecule has 0 saturated heterocycles. The summed E-state index contributed by atoms with van der Waals surface area (Å²) < 4.78 is 4.98. The first-order chi connectivity index (χ1) is 9.26. The molecule has 0 bridgehead atoms. The molecule has 0 saturated carbocycles. The lowest BCUT2D eigenvalue weighted by atomic mass is 10.3. The highest BCUT2D eigenvalue weighted by atomic mass is 32.2. The van der Waals surface area contributed by atoms with Crippen molar-refractivity contribution < 1.29 is 9.53 Å². The van der Waals surface area contributed by atoms with Crippen LogP contribution in [-0.2, 0) is 4.74 Å². The van der Waals surface area contributed by atoms with Gasteiger partial charge in [0.25, 0.3) is 0 Å². The van der Waals surface area contributed by atoms with Crippen molar-refractivity contribution in [2.75, 3.05) is 18.2 Å². The average Bonchev–Trinajstić information content (AvgIpc) is 2.88. The van der Waals surface area contributed by atoms with Gasteiger partial charge in [-0.25, -0.2) is 9.78 Å². The Hall–Kier alpha value is -1.53. The van der Waals surface area contributed by atoms with E-state index in [1.165, 1.54) is 11.3 Å². The summed E-state index contributed by atoms with van der Waals surface area (Å²) in [5, 5.41) is 3.95. The molecule has 0 aliphatic heterocycles. The van der Waals surface area contributed by atoms with Crippen molar-refractivity contribution in [2.45, 2.75) is 11.8 Å². The maximum atomic E-state index is 11.7. The molecule has 0 atom stereocenters. The van der Waals surface area contributed by atoms with E-state index in [0.717, 1.165) is 10.6 Å². The van der Waals surface area contributed by atoms with Gasteiger partial charge in [-0.15, -0.1) is 23.1 Å². The Balaban J connectivity index is 2.24. The van der Waals surface area contributed by atoms with Crippen LogP contribution in [0.4, 0.5) is 10.7 Å². The molecular weight excluding hydrogens is 280 g/mol. The molecule has 0 radical (unpaired) electrons. The molecule has 0 aliphatic carbocycles. The Morgan fingerprint density at radius 1 is 1.47 bits per heavy atom. The molecule has 0 spiro atoms. The Bertz CT molecular complexity index is 569. The number of esters is 1. The first-order valence-corrected chi connectivity index (χ1v) is 7.87. The molecular formula is C13H14N2O2S2. The van der Waals surface area contributed by atoms with Gasteiger partial charge >= 0.3 is 5.97 Å². The van der Waals surface area contributed by atoms with E-state index in [1.807, 2.05) is 30.5 Å². The van der Waals surface area contributed by atoms with Gasteiger partial charge in [0.1, 0.15) is 5.00 Å². The zero-order valence-electron chi connectivity index (χ0n) is 10.7. The number of nitrogens with zero attached hydrogens (tertiary/aromatic N) is 1. The predicted molar refractivity (Wildman–Crippen MR) is 79.6 cm³/mol. The van der Waals surface area contributed by atoms with Crippen molar-refractivity contribution >= 4 is 39.8 Å². The summed E-state index contributed by atoms with van der Waals surface area (Å²) in [5.74, 6) is -0.395. The van der Waals surface area contributed by atoms with Gasteiger partial charge in [-0.05, 0) is 25.3 Å². The fraction of sp³-hybridized carbons (Fsp3) is 0.231. The lowest BCUT2D eigenvalue weighted by Crippen LogP contribution is -2.07. The molecule has 19 heavy (non-hydrogen) atoms. The van der Waals surface area contributed by atoms with Gasteiger partial charge in [0.15, 0.2) is 5.69 Å². The highest BCUT2D eigenvalue weighted by Gasteiger charge is 2.16. The molecule has 0 aliphatic rings. The SMILES string of the molecule is CCOC(=O)c1ncsc1Nc1ccccc1SC. The van der Waals surface area contributed by atoms with E-state index in [0.29, 0.717) is 17.3 Å². The molecule has 0 fully saturated rings. The number of carbonyl (C=O) groups excluding carboxylic acids is 1. The molecule has 0 amide bonds. The number of anilines is 2. The minimum Gasteiger partial charge on any atom is -0.461 e. The number of hydrogen-bond donors (Lipinski definition) is 1. The summed E-state index contributed by atoms with van der Waals surface area (Å²) in [5.41, 5.74) is 2.93. The Labute approximate surface area is 120 Å². The highest BCUT2D eigenvalue weighted by molar-refractivity contribution is 7.98. The van der Waals surface area contributed by atoms with Crippen LogP contribution in [0.2, 0.25) is 0 Å². The maximum absolute atomic E-state index is 11.7. The van der Waals surface area contributed by atoms with Crippen molar-refractivity contribution in [3.8, 4) is 0 Å². The van der Waals surface area contributed by atoms with E-state index in [9.17, 15) is 4.79 Å². The lowest BCUT2D eigenvalue weighted by molar-refractivity contribution is 0.0521. The highest BCUT2D eigenvalue weighted by Crippen LogP contribution is 2.31. The third kappa shape index (κ3) is 3.27. The zero-order valence-corrected chi connectivity index (χ0v) is 12.3. The number of rotatable bonds is 5. The number of hydrogen-bond acceptors (Lipinski definition) is 6. The van der Waals surface area contributed by atoms with Crippen molar-refractivity contribution in [2.24, 2.45) is 0 Å². The predicted octanol–water partition coefficient (Wildman–Crippen LogP) is 3.79. The summed E-state index contributed by atoms with van der Waals surface area (Å²) in [4.78, 5) is 16.9. The number of thiazole rings is 1. The van der Waals surface area contributed by atoms with E-state index < -0.39 is 5.97 Å². The van der Waals surface area contributed by atoms with E-state index in [1.54, 1.807) is 24.2 Å². The van der Waals surface area contributed by atoms with Crippen LogP contribution in [0.1, 0.15) is 17.4 Å². The van der Waals surface area contributed by atoms with E-state index in [4.69, 9.17) is 4.74 Å². The van der Waals surface area contributed by atoms with Crippen LogP contribution in [0.25, 0.3) is 0 Å². The van der Waals surface area contributed by atoms with Crippen molar-refractivity contribution in [1.29, 1.82) is 0 Å². The Kier molecular flexibility index (Phi) is 4.81. The van der Waals surface area contributed by atoms with Gasteiger partial charge in [-0.2, -0.15) is 0 Å². The number of carbonyl (C=O) groups is 1. The second-order valence-electron chi connectivity index (χ2n) is 3.58. The molecule has 2 aromatic rings. The molecule has 0 unspecified atom stereocenters. The number of ether oxygens (including phenoxy) is 1. The van der Waals surface area contributed by atoms with Gasteiger partial charge in [0.2, 0.25) is 0 Å². The van der Waals surface area contributed by atoms with Crippen LogP contribution in [0, 0.1) is 0 Å². The topological polar surface area (TPSA) is 51.2 Å². The van der Waals surface area contributed by atoms with E-state index in [2.05, 4.69) is 10.3 Å². The van der Waals surface area contributed by atoms with Gasteiger partial charge in [-0.1, -0.05) is 12.1 Å². The van der Waals surface area contributed by atoms with E-state index >= 15 is 0 Å². The zero-order chi connectivity index (χ0) is 13.7. The van der Waals surface area contributed by atoms with Gasteiger partial charge in [0, 0.05) is 4.90 Å². The number of benzene rings is 1. The third-order valence-electron chi connectivity index (χ3n) is 2.39. The minimum absolute atomic E-state index is 0.336. The van der Waals surface area contributed by atoms with Crippen molar-refractivity contribution in [3.05, 3.63) is 35.5 Å². The number of nitrogens with one attached hydrogen (secondary N) is 1. The van der Waals surface area contributed by atoms with Crippen LogP contribution < -0.4 is 5.32 Å². The lowest BCUT2D eigenvalue weighted by Gasteiger charge is -2.09. The summed E-state index contributed by atoms with van der Waals surface area (Å²) in [7, 11) is 0. The molecule has 1 N–H and O–H groups in total. The number of aromatic nitrogens is 1. The van der Waals surface area contributed by atoms with Crippen LogP contribution in [0.3, 0.4) is 0 Å². The first kappa shape index (κ1) is 13.9. The molecule has 100 valence electrons. The summed E-state index contributed by atoms with van der Waals surface area (Å²) in [6.45, 7) is 2.12. The normalized spacial score (nSPS) is 10.2. The first-order valence-electron chi connectivity index (χ1n) is 5.77. The largest absolute Gasteiger partial charge is 0.461 e. The maximum Gasteiger partial charge on any atom is 0.360 e. The average molecular weight is 294 g/mol. The van der Waals surface area contributed by atoms with Crippen molar-refractivity contribution in [3.63, 3.8) is 0 Å². The van der Waals surface area contributed by atoms with E-state index in [-0.39, 0.29) is 0 Å². The third-order valence-corrected chi connectivity index (χ3v) is 3.93. The fourth-order valence-electron chi connectivity index (χ4n) is 1.55. The monoisotopic (exact) mass is 294 g/mol. The Morgan fingerprint density at radius 3 is 3.00 bits per heavy atom. The molecule has 1 aromatic heterocycles. The Morgan fingerprint density at radius 2 is 2.26 bits per heavy atom. The molecule has 1 heterocycles. The summed E-state index contributed by atoms with van der Waals surface area (Å²) in [6.07, 6.45) is 2.01. The van der Waals surface area contributed by atoms with Gasteiger partial charge in [-0.3, -0.25) is 0 Å². The second-order valence-corrected chi connectivity index (χ2v) is 5.28. The van der Waals surface area contributed by atoms with Crippen LogP contribution in [-0.4, -0.2) is 23.8 Å². The van der Waals surface area contributed by atoms with Crippen LogP contribution >= 0.6 is 23.1 Å². The second kappa shape index (κ2) is 6.58. The number of thioether (sulfide) groups is 1. The van der Waals surface area contributed by atoms with Gasteiger partial charge < -0.3 is 10.1 Å². The summed E-state index contributed by atoms with van der Waals surface area (Å²) in [6, 6.07) is 7.93. The minimum atomic E-state index is -0.395. The standard InChI is InChI=1S/C13H14N2O2S2/c1-3-17-13(16)11-12(19-8-14-11)15-9-6-4-5-7-10(9)18-2/h4-8,15H,3H2,1-2H3. The molecule has 2 rings (SSSR count). The smallest absolute Gasteiger partial charge is 0.360 e. The van der Waals surface area contributed by atoms with Crippen LogP contribution in [0.15, 0.2) is 34.7 Å².